The minimum Gasteiger partial charge on any atom is -0.481 e. The summed E-state index contributed by atoms with van der Waals surface area (Å²) in [4.78, 5) is 11.4. The first kappa shape index (κ1) is 25.4. The molecule has 3 N–H and O–H groups in total. The Bertz CT molecular complexity index is 319. The van der Waals surface area contributed by atoms with Crippen molar-refractivity contribution >= 4 is 5.97 Å². The van der Waals surface area contributed by atoms with Crippen LogP contribution in [0, 0.1) is 5.92 Å². The zero-order chi connectivity index (χ0) is 19.6. The minimum atomic E-state index is -0.942. The number of carboxylic acid groups (broad SMARTS) is 1. The highest BCUT2D eigenvalue weighted by Crippen LogP contribution is 2.20. The van der Waals surface area contributed by atoms with Gasteiger partial charge in [0.1, 0.15) is 0 Å². The third kappa shape index (κ3) is 14.5. The van der Waals surface area contributed by atoms with Crippen LogP contribution in [0.1, 0.15) is 117 Å². The van der Waals surface area contributed by atoms with E-state index in [0.717, 1.165) is 38.5 Å². The second-order valence-corrected chi connectivity index (χ2v) is 7.87. The molecular weight excluding hydrogens is 328 g/mol. The van der Waals surface area contributed by atoms with Gasteiger partial charge >= 0.3 is 5.97 Å². The van der Waals surface area contributed by atoms with Gasteiger partial charge in [0.2, 0.25) is 0 Å². The Balaban J connectivity index is 3.80. The maximum Gasteiger partial charge on any atom is 0.309 e. The first-order valence-corrected chi connectivity index (χ1v) is 11.1. The van der Waals surface area contributed by atoms with Crippen LogP contribution in [-0.4, -0.2) is 33.5 Å². The molecule has 0 aromatic rings. The van der Waals surface area contributed by atoms with Gasteiger partial charge in [-0.3, -0.25) is 4.79 Å². The lowest BCUT2D eigenvalue weighted by Crippen LogP contribution is -2.31. The Hall–Kier alpha value is -0.610. The van der Waals surface area contributed by atoms with E-state index in [1.54, 1.807) is 0 Å². The van der Waals surface area contributed by atoms with E-state index in [0.29, 0.717) is 12.8 Å². The normalized spacial score (nSPS) is 14.9. The van der Waals surface area contributed by atoms with Crippen molar-refractivity contribution in [2.75, 3.05) is 0 Å². The molecule has 156 valence electrons. The molecule has 26 heavy (non-hydrogen) atoms. The van der Waals surface area contributed by atoms with E-state index in [2.05, 4.69) is 13.8 Å². The van der Waals surface area contributed by atoms with Crippen LogP contribution in [0.5, 0.6) is 0 Å². The Morgan fingerprint density at radius 2 is 1.12 bits per heavy atom. The van der Waals surface area contributed by atoms with Crippen molar-refractivity contribution < 1.29 is 20.1 Å². The van der Waals surface area contributed by atoms with Crippen molar-refractivity contribution in [1.82, 2.24) is 0 Å². The molecule has 4 heteroatoms. The second kappa shape index (κ2) is 17.8. The highest BCUT2D eigenvalue weighted by Gasteiger charge is 2.27. The van der Waals surface area contributed by atoms with Crippen LogP contribution in [0.4, 0.5) is 0 Å². The van der Waals surface area contributed by atoms with Gasteiger partial charge in [0, 0.05) is 6.42 Å². The van der Waals surface area contributed by atoms with E-state index in [1.165, 1.54) is 44.9 Å². The van der Waals surface area contributed by atoms with Crippen molar-refractivity contribution in [3.63, 3.8) is 0 Å². The van der Waals surface area contributed by atoms with E-state index < -0.39 is 24.1 Å². The summed E-state index contributed by atoms with van der Waals surface area (Å²) in [6, 6.07) is 0. The van der Waals surface area contributed by atoms with E-state index in [9.17, 15) is 20.1 Å². The van der Waals surface area contributed by atoms with Gasteiger partial charge in [-0.1, -0.05) is 97.3 Å². The molecule has 0 aliphatic rings. The SMILES string of the molecule is CCCCCCCCCCC[C@@H](O)C[C@H](O)[C@H](CCCCCC)C(=O)O. The number of carboxylic acids is 1. The molecule has 0 fully saturated rings. The average Bonchev–Trinajstić information content (AvgIpc) is 2.59. The van der Waals surface area contributed by atoms with E-state index in [1.807, 2.05) is 0 Å². The van der Waals surface area contributed by atoms with Crippen LogP contribution in [0.25, 0.3) is 0 Å². The van der Waals surface area contributed by atoms with Gasteiger partial charge in [-0.2, -0.15) is 0 Å². The zero-order valence-electron chi connectivity index (χ0n) is 17.3. The van der Waals surface area contributed by atoms with Crippen molar-refractivity contribution in [2.45, 2.75) is 129 Å². The summed E-state index contributed by atoms with van der Waals surface area (Å²) in [5.74, 6) is -1.69. The summed E-state index contributed by atoms with van der Waals surface area (Å²) in [6.45, 7) is 4.35. The second-order valence-electron chi connectivity index (χ2n) is 7.87. The van der Waals surface area contributed by atoms with E-state index in [4.69, 9.17) is 0 Å². The van der Waals surface area contributed by atoms with Crippen molar-refractivity contribution in [3.8, 4) is 0 Å². The summed E-state index contributed by atoms with van der Waals surface area (Å²) in [5.41, 5.74) is 0. The minimum absolute atomic E-state index is 0.182. The van der Waals surface area contributed by atoms with Crippen molar-refractivity contribution in [3.05, 3.63) is 0 Å². The van der Waals surface area contributed by atoms with Gasteiger partial charge in [0.15, 0.2) is 0 Å². The first-order chi connectivity index (χ1) is 12.5. The van der Waals surface area contributed by atoms with Gasteiger partial charge in [-0.05, 0) is 12.8 Å². The summed E-state index contributed by atoms with van der Waals surface area (Å²) in [6.07, 6.45) is 15.0. The monoisotopic (exact) mass is 372 g/mol. The molecule has 0 aromatic carbocycles. The summed E-state index contributed by atoms with van der Waals surface area (Å²) < 4.78 is 0. The summed E-state index contributed by atoms with van der Waals surface area (Å²) >= 11 is 0. The fourth-order valence-corrected chi connectivity index (χ4v) is 3.52. The molecule has 0 spiro atoms. The lowest BCUT2D eigenvalue weighted by Gasteiger charge is -2.21. The number of aliphatic hydroxyl groups excluding tert-OH is 2. The average molecular weight is 373 g/mol. The fourth-order valence-electron chi connectivity index (χ4n) is 3.52. The number of hydrogen-bond acceptors (Lipinski definition) is 3. The largest absolute Gasteiger partial charge is 0.481 e. The van der Waals surface area contributed by atoms with E-state index >= 15 is 0 Å². The van der Waals surface area contributed by atoms with Crippen LogP contribution in [0.3, 0.4) is 0 Å². The molecule has 0 aromatic heterocycles. The van der Waals surface area contributed by atoms with Crippen molar-refractivity contribution in [1.29, 1.82) is 0 Å². The van der Waals surface area contributed by atoms with Crippen LogP contribution >= 0.6 is 0 Å². The third-order valence-electron chi connectivity index (χ3n) is 5.30. The molecule has 0 radical (unpaired) electrons. The van der Waals surface area contributed by atoms with E-state index in [-0.39, 0.29) is 6.42 Å². The highest BCUT2D eigenvalue weighted by atomic mass is 16.4. The van der Waals surface area contributed by atoms with Crippen LogP contribution in [0.15, 0.2) is 0 Å². The highest BCUT2D eigenvalue weighted by molar-refractivity contribution is 5.70. The molecule has 3 atom stereocenters. The summed E-state index contributed by atoms with van der Waals surface area (Å²) in [7, 11) is 0. The number of unbranched alkanes of at least 4 members (excludes halogenated alkanes) is 11. The maximum atomic E-state index is 11.4. The number of aliphatic hydroxyl groups is 2. The van der Waals surface area contributed by atoms with Crippen LogP contribution < -0.4 is 0 Å². The topological polar surface area (TPSA) is 77.8 Å². The number of hydrogen-bond donors (Lipinski definition) is 3. The summed E-state index contributed by atoms with van der Waals surface area (Å²) in [5, 5.41) is 29.6. The molecule has 0 bridgehead atoms. The third-order valence-corrected chi connectivity index (χ3v) is 5.30. The van der Waals surface area contributed by atoms with Gasteiger partial charge in [0.05, 0.1) is 18.1 Å². The maximum absolute atomic E-state index is 11.4. The number of rotatable bonds is 19. The molecular formula is C22H44O4. The first-order valence-electron chi connectivity index (χ1n) is 11.1. The Kier molecular flexibility index (Phi) is 17.4. The number of carbonyl (C=O) groups is 1. The predicted molar refractivity (Wildman–Crippen MR) is 108 cm³/mol. The van der Waals surface area contributed by atoms with Crippen LogP contribution in [0.2, 0.25) is 0 Å². The lowest BCUT2D eigenvalue weighted by atomic mass is 9.90. The van der Waals surface area contributed by atoms with Crippen LogP contribution in [-0.2, 0) is 4.79 Å². The quantitative estimate of drug-likeness (QED) is 0.254. The standard InChI is InChI=1S/C22H44O4/c1-3-5-7-9-10-11-12-13-14-16-19(23)18-21(24)20(22(25)26)17-15-8-6-4-2/h19-21,23-24H,3-18H2,1-2H3,(H,25,26)/t19-,20+,21+/m1/s1. The molecule has 0 aliphatic heterocycles. The molecule has 4 nitrogen and oxygen atoms in total. The van der Waals surface area contributed by atoms with Gasteiger partial charge in [-0.25, -0.2) is 0 Å². The van der Waals surface area contributed by atoms with Crippen molar-refractivity contribution in [2.24, 2.45) is 5.92 Å². The molecule has 0 unspecified atom stereocenters. The van der Waals surface area contributed by atoms with Gasteiger partial charge in [0.25, 0.3) is 0 Å². The molecule has 0 amide bonds. The molecule has 0 saturated carbocycles. The Morgan fingerprint density at radius 3 is 1.62 bits per heavy atom. The lowest BCUT2D eigenvalue weighted by molar-refractivity contribution is -0.146. The van der Waals surface area contributed by atoms with Gasteiger partial charge in [-0.15, -0.1) is 0 Å². The Labute approximate surface area is 161 Å². The fraction of sp³-hybridized carbons (Fsp3) is 0.955. The smallest absolute Gasteiger partial charge is 0.309 e. The molecule has 0 heterocycles. The number of aliphatic carboxylic acids is 1. The van der Waals surface area contributed by atoms with Gasteiger partial charge < -0.3 is 15.3 Å². The molecule has 0 saturated heterocycles. The Morgan fingerprint density at radius 1 is 0.692 bits per heavy atom. The predicted octanol–water partition coefficient (Wildman–Crippen LogP) is 5.69. The molecule has 0 rings (SSSR count). The zero-order valence-corrected chi connectivity index (χ0v) is 17.3. The molecule has 0 aliphatic carbocycles.